The minimum absolute atomic E-state index is 0.00627. The molecule has 0 saturated carbocycles. The van der Waals surface area contributed by atoms with Gasteiger partial charge in [0.15, 0.2) is 0 Å². The molecule has 4 aromatic carbocycles. The summed E-state index contributed by atoms with van der Waals surface area (Å²) in [6, 6.07) is 27.9. The van der Waals surface area contributed by atoms with E-state index in [1.54, 1.807) is 80.6 Å². The summed E-state index contributed by atoms with van der Waals surface area (Å²) in [4.78, 5) is 77.4. The van der Waals surface area contributed by atoms with Gasteiger partial charge in [-0.15, -0.1) is 0 Å². The number of para-hydroxylation sites is 2. The van der Waals surface area contributed by atoms with E-state index in [1.165, 1.54) is 4.90 Å². The molecular weight excluding hydrogens is 800 g/mol. The molecule has 4 N–H and O–H groups in total. The molecule has 0 unspecified atom stereocenters. The Morgan fingerprint density at radius 1 is 0.639 bits per heavy atom. The number of amides is 5. The standard InChI is InChI=1S/C23H24F3N3O4.C21H22N2O5/c1-2-17(28-22(32)33-13-15-8-4-3-5-9-15)21(31)29-18-11-7-6-10-16(18)12-19(29)20(30)27-14-23(24,25)26;1-2-16(22-21(27)28-13-14-8-4-3-5-9-14)19(24)23-17-11-7-6-10-15(17)12-18(23)20(25)26/h3-11,17,19H,2,12-14H2,1H3,(H,27,30)(H,28,32);3-11,16,18H,2,12-13H2,1H3,(H,22,27)(H,25,26)/t17-,19-;16-,18-/m00/s1. The van der Waals surface area contributed by atoms with Crippen molar-refractivity contribution in [3.8, 4) is 0 Å². The van der Waals surface area contributed by atoms with Crippen LogP contribution < -0.4 is 25.8 Å². The van der Waals surface area contributed by atoms with E-state index >= 15 is 0 Å². The first-order valence-electron chi connectivity index (χ1n) is 19.5. The molecule has 4 aromatic rings. The smallest absolute Gasteiger partial charge is 0.408 e. The topological polar surface area (TPSA) is 184 Å². The molecule has 4 atom stereocenters. The number of nitrogens with zero attached hydrogens (tertiary/aromatic N) is 2. The minimum atomic E-state index is -4.58. The molecular formula is C44H46F3N5O9. The summed E-state index contributed by atoms with van der Waals surface area (Å²) >= 11 is 0. The van der Waals surface area contributed by atoms with Gasteiger partial charge in [0.1, 0.15) is 43.9 Å². The van der Waals surface area contributed by atoms with Crippen LogP contribution in [0.5, 0.6) is 0 Å². The van der Waals surface area contributed by atoms with Gasteiger partial charge in [-0.1, -0.05) is 111 Å². The Labute approximate surface area is 350 Å². The number of fused-ring (bicyclic) bond motifs is 2. The summed E-state index contributed by atoms with van der Waals surface area (Å²) in [6.45, 7) is 2.01. The number of carboxylic acids is 1. The molecule has 322 valence electrons. The van der Waals surface area contributed by atoms with Crippen molar-refractivity contribution in [2.45, 2.75) is 83.1 Å². The van der Waals surface area contributed by atoms with Crippen molar-refractivity contribution in [1.82, 2.24) is 16.0 Å². The van der Waals surface area contributed by atoms with Crippen molar-refractivity contribution >= 4 is 47.3 Å². The molecule has 0 aromatic heterocycles. The molecule has 2 heterocycles. The minimum Gasteiger partial charge on any atom is -0.480 e. The lowest BCUT2D eigenvalue weighted by molar-refractivity contribution is -0.140. The van der Waals surface area contributed by atoms with Gasteiger partial charge in [0.05, 0.1) is 0 Å². The zero-order valence-electron chi connectivity index (χ0n) is 33.4. The molecule has 2 aliphatic heterocycles. The molecule has 5 amide bonds. The highest BCUT2D eigenvalue weighted by atomic mass is 19.4. The fraction of sp³-hybridized carbons (Fsp3) is 0.318. The molecule has 0 fully saturated rings. The summed E-state index contributed by atoms with van der Waals surface area (Å²) in [5.41, 5.74) is 4.04. The number of rotatable bonds is 13. The van der Waals surface area contributed by atoms with Crippen LogP contribution in [-0.4, -0.2) is 77.9 Å². The van der Waals surface area contributed by atoms with Gasteiger partial charge < -0.3 is 30.5 Å². The summed E-state index contributed by atoms with van der Waals surface area (Å²) in [5.74, 6) is -3.06. The molecule has 0 saturated heterocycles. The number of hydrogen-bond acceptors (Lipinski definition) is 8. The van der Waals surface area contributed by atoms with Crippen molar-refractivity contribution < 1.29 is 56.5 Å². The third-order valence-corrected chi connectivity index (χ3v) is 9.90. The maximum atomic E-state index is 13.3. The van der Waals surface area contributed by atoms with Gasteiger partial charge in [-0.05, 0) is 47.2 Å². The van der Waals surface area contributed by atoms with Gasteiger partial charge in [0, 0.05) is 24.2 Å². The maximum Gasteiger partial charge on any atom is 0.408 e. The lowest BCUT2D eigenvalue weighted by Gasteiger charge is -2.29. The van der Waals surface area contributed by atoms with Crippen LogP contribution in [0.1, 0.15) is 48.9 Å². The number of ether oxygens (including phenoxy) is 2. The predicted octanol–water partition coefficient (Wildman–Crippen LogP) is 6.06. The van der Waals surface area contributed by atoms with Crippen LogP contribution in [0, 0.1) is 0 Å². The maximum absolute atomic E-state index is 13.3. The lowest BCUT2D eigenvalue weighted by Crippen LogP contribution is -2.55. The first kappa shape index (κ1) is 45.2. The molecule has 0 spiro atoms. The Hall–Kier alpha value is -6.91. The van der Waals surface area contributed by atoms with E-state index in [4.69, 9.17) is 9.47 Å². The average molecular weight is 846 g/mol. The van der Waals surface area contributed by atoms with Crippen LogP contribution in [0.4, 0.5) is 34.1 Å². The average Bonchev–Trinajstić information content (AvgIpc) is 3.85. The summed E-state index contributed by atoms with van der Waals surface area (Å²) < 4.78 is 48.1. The summed E-state index contributed by atoms with van der Waals surface area (Å²) in [6.07, 6.45) is -5.30. The van der Waals surface area contributed by atoms with Gasteiger partial charge in [-0.2, -0.15) is 13.2 Å². The quantitative estimate of drug-likeness (QED) is 0.124. The van der Waals surface area contributed by atoms with Gasteiger partial charge in [-0.3, -0.25) is 24.2 Å². The van der Waals surface area contributed by atoms with E-state index in [9.17, 15) is 47.0 Å². The number of aliphatic carboxylic acids is 1. The van der Waals surface area contributed by atoms with Crippen LogP contribution in [0.3, 0.4) is 0 Å². The number of benzene rings is 4. The van der Waals surface area contributed by atoms with E-state index in [2.05, 4.69) is 10.6 Å². The van der Waals surface area contributed by atoms with E-state index < -0.39 is 72.8 Å². The number of carbonyl (C=O) groups excluding carboxylic acids is 5. The Morgan fingerprint density at radius 2 is 1.03 bits per heavy atom. The van der Waals surface area contributed by atoms with Crippen LogP contribution >= 0.6 is 0 Å². The van der Waals surface area contributed by atoms with Crippen LogP contribution in [0.15, 0.2) is 109 Å². The normalized spacial score (nSPS) is 16.1. The highest BCUT2D eigenvalue weighted by Crippen LogP contribution is 2.34. The number of hydrogen-bond donors (Lipinski definition) is 4. The van der Waals surface area contributed by atoms with E-state index in [0.717, 1.165) is 21.6 Å². The van der Waals surface area contributed by atoms with Gasteiger partial charge >= 0.3 is 24.3 Å². The molecule has 2 aliphatic rings. The van der Waals surface area contributed by atoms with E-state index in [-0.39, 0.29) is 32.5 Å². The fourth-order valence-electron chi connectivity index (χ4n) is 6.86. The Bertz CT molecular complexity index is 2170. The SMILES string of the molecule is CC[C@H](NC(=O)OCc1ccccc1)C(=O)N1c2ccccc2C[C@H]1C(=O)NCC(F)(F)F.CC[C@H](NC(=O)OCc1ccccc1)C(=O)N1c2ccccc2C[C@H]1C(=O)O. The number of carbonyl (C=O) groups is 6. The van der Waals surface area contributed by atoms with Gasteiger partial charge in [-0.25, -0.2) is 14.4 Å². The first-order valence-corrected chi connectivity index (χ1v) is 19.5. The Balaban J connectivity index is 0.000000234. The second-order valence-corrected chi connectivity index (χ2v) is 14.1. The highest BCUT2D eigenvalue weighted by Gasteiger charge is 2.43. The Morgan fingerprint density at radius 3 is 1.44 bits per heavy atom. The van der Waals surface area contributed by atoms with Gasteiger partial charge in [0.2, 0.25) is 11.8 Å². The summed E-state index contributed by atoms with van der Waals surface area (Å²) in [7, 11) is 0. The highest BCUT2D eigenvalue weighted by molar-refractivity contribution is 6.07. The van der Waals surface area contributed by atoms with Crippen molar-refractivity contribution in [3.63, 3.8) is 0 Å². The first-order chi connectivity index (χ1) is 29.2. The Kier molecular flexibility index (Phi) is 15.5. The van der Waals surface area contributed by atoms with Gasteiger partial charge in [0.25, 0.3) is 5.91 Å². The molecule has 6 rings (SSSR count). The van der Waals surface area contributed by atoms with Crippen LogP contribution in [0.25, 0.3) is 0 Å². The number of halogens is 3. The van der Waals surface area contributed by atoms with Crippen molar-refractivity contribution in [1.29, 1.82) is 0 Å². The van der Waals surface area contributed by atoms with Crippen molar-refractivity contribution in [2.24, 2.45) is 0 Å². The molecule has 0 aliphatic carbocycles. The monoisotopic (exact) mass is 845 g/mol. The molecule has 17 heteroatoms. The predicted molar refractivity (Wildman–Crippen MR) is 217 cm³/mol. The fourth-order valence-corrected chi connectivity index (χ4v) is 6.86. The molecule has 61 heavy (non-hydrogen) atoms. The zero-order valence-corrected chi connectivity index (χ0v) is 33.4. The molecule has 0 bridgehead atoms. The number of alkyl halides is 3. The second kappa shape index (κ2) is 20.9. The molecule has 14 nitrogen and oxygen atoms in total. The number of alkyl carbamates (subject to hydrolysis) is 2. The van der Waals surface area contributed by atoms with Crippen LogP contribution in [0.2, 0.25) is 0 Å². The summed E-state index contributed by atoms with van der Waals surface area (Å²) in [5, 5.41) is 16.5. The number of nitrogens with one attached hydrogen (secondary N) is 3. The third-order valence-electron chi connectivity index (χ3n) is 9.90. The lowest BCUT2D eigenvalue weighted by atomic mass is 10.1. The molecule has 0 radical (unpaired) electrons. The largest absolute Gasteiger partial charge is 0.480 e. The van der Waals surface area contributed by atoms with Crippen molar-refractivity contribution in [3.05, 3.63) is 131 Å². The number of carboxylic acid groups (broad SMARTS) is 1. The third kappa shape index (κ3) is 12.1. The van der Waals surface area contributed by atoms with Crippen molar-refractivity contribution in [2.75, 3.05) is 16.3 Å². The van der Waals surface area contributed by atoms with E-state index in [0.29, 0.717) is 23.4 Å². The number of anilines is 2. The zero-order chi connectivity index (χ0) is 44.1. The second-order valence-electron chi connectivity index (χ2n) is 14.1. The van der Waals surface area contributed by atoms with Crippen LogP contribution in [-0.2, 0) is 54.7 Å². The van der Waals surface area contributed by atoms with E-state index in [1.807, 2.05) is 47.8 Å².